The maximum absolute atomic E-state index is 6.20. The van der Waals surface area contributed by atoms with Crippen molar-refractivity contribution in [2.75, 3.05) is 32.5 Å². The number of piperidine rings is 1. The van der Waals surface area contributed by atoms with Crippen molar-refractivity contribution in [1.82, 2.24) is 19.9 Å². The van der Waals surface area contributed by atoms with Crippen LogP contribution in [0.15, 0.2) is 11.4 Å². The molecule has 0 aliphatic carbocycles. The minimum absolute atomic E-state index is 0.527. The van der Waals surface area contributed by atoms with E-state index >= 15 is 0 Å². The summed E-state index contributed by atoms with van der Waals surface area (Å²) in [6, 6.07) is 2.03. The molecule has 3 aromatic heterocycles. The number of aromatic nitrogens is 3. The van der Waals surface area contributed by atoms with Crippen molar-refractivity contribution in [3.05, 3.63) is 17.3 Å². The molecule has 4 heterocycles. The molecule has 1 aliphatic rings. The fourth-order valence-corrected chi connectivity index (χ4v) is 4.45. The normalized spacial score (nSPS) is 16.4. The van der Waals surface area contributed by atoms with Crippen LogP contribution in [0.4, 0.5) is 5.82 Å². The highest BCUT2D eigenvalue weighted by atomic mass is 32.1. The van der Waals surface area contributed by atoms with Gasteiger partial charge < -0.3 is 20.4 Å². The molecule has 0 radical (unpaired) electrons. The predicted molar refractivity (Wildman–Crippen MR) is 98.5 cm³/mol. The standard InChI is InChI=1S/C17H23N5OS/c1-23-8-4-13-21-14-15(16-12(5-9-24-16)20-17(14)18)22(13)10-11-2-6-19-7-3-11/h5,9,11,19H,2-4,6-8,10H2,1H3,(H2,18,20). The van der Waals surface area contributed by atoms with Crippen LogP contribution in [0.5, 0.6) is 0 Å². The molecule has 6 nitrogen and oxygen atoms in total. The van der Waals surface area contributed by atoms with E-state index in [0.29, 0.717) is 18.3 Å². The van der Waals surface area contributed by atoms with E-state index in [2.05, 4.69) is 20.2 Å². The molecular formula is C17H23N5OS. The molecule has 1 fully saturated rings. The number of nitrogens with one attached hydrogen (secondary N) is 1. The van der Waals surface area contributed by atoms with E-state index in [0.717, 1.165) is 48.4 Å². The topological polar surface area (TPSA) is 78.0 Å². The van der Waals surface area contributed by atoms with Crippen LogP contribution < -0.4 is 11.1 Å². The van der Waals surface area contributed by atoms with Gasteiger partial charge in [0.05, 0.1) is 22.3 Å². The number of nitrogens with two attached hydrogens (primary N) is 1. The van der Waals surface area contributed by atoms with Crippen LogP contribution in [0.2, 0.25) is 0 Å². The van der Waals surface area contributed by atoms with Crippen LogP contribution in [0.1, 0.15) is 18.7 Å². The van der Waals surface area contributed by atoms with Crippen molar-refractivity contribution in [3.8, 4) is 0 Å². The lowest BCUT2D eigenvalue weighted by molar-refractivity contribution is 0.199. The van der Waals surface area contributed by atoms with Crippen LogP contribution in [-0.2, 0) is 17.7 Å². The van der Waals surface area contributed by atoms with Gasteiger partial charge in [-0.3, -0.25) is 0 Å². The maximum atomic E-state index is 6.20. The number of ether oxygens (including phenoxy) is 1. The molecule has 7 heteroatoms. The highest BCUT2D eigenvalue weighted by Crippen LogP contribution is 2.33. The first-order chi connectivity index (χ1) is 11.8. The van der Waals surface area contributed by atoms with Crippen molar-refractivity contribution >= 4 is 38.4 Å². The highest BCUT2D eigenvalue weighted by Gasteiger charge is 2.21. The summed E-state index contributed by atoms with van der Waals surface area (Å²) < 4.78 is 8.84. The molecule has 24 heavy (non-hydrogen) atoms. The third-order valence-corrected chi connectivity index (χ3v) is 5.73. The summed E-state index contributed by atoms with van der Waals surface area (Å²) in [4.78, 5) is 9.35. The first-order valence-corrected chi connectivity index (χ1v) is 9.37. The largest absolute Gasteiger partial charge is 0.384 e. The highest BCUT2D eigenvalue weighted by molar-refractivity contribution is 7.18. The van der Waals surface area contributed by atoms with Gasteiger partial charge in [-0.1, -0.05) is 0 Å². The van der Waals surface area contributed by atoms with Gasteiger partial charge in [-0.2, -0.15) is 0 Å². The van der Waals surface area contributed by atoms with Crippen LogP contribution >= 0.6 is 11.3 Å². The second-order valence-electron chi connectivity index (χ2n) is 6.40. The minimum Gasteiger partial charge on any atom is -0.384 e. The van der Waals surface area contributed by atoms with Gasteiger partial charge >= 0.3 is 0 Å². The number of pyridine rings is 1. The molecule has 1 saturated heterocycles. The first-order valence-electron chi connectivity index (χ1n) is 8.49. The van der Waals surface area contributed by atoms with Gasteiger partial charge in [0.15, 0.2) is 5.82 Å². The van der Waals surface area contributed by atoms with Crippen LogP contribution in [0.3, 0.4) is 0 Å². The van der Waals surface area contributed by atoms with Crippen LogP contribution in [-0.4, -0.2) is 41.3 Å². The average molecular weight is 345 g/mol. The molecule has 0 unspecified atom stereocenters. The number of anilines is 1. The minimum atomic E-state index is 0.527. The Morgan fingerprint density at radius 1 is 1.38 bits per heavy atom. The molecule has 0 aromatic carbocycles. The van der Waals surface area contributed by atoms with Gasteiger partial charge in [0.2, 0.25) is 0 Å². The number of rotatable bonds is 5. The number of methoxy groups -OCH3 is 1. The Labute approximate surface area is 145 Å². The predicted octanol–water partition coefficient (Wildman–Crippen LogP) is 2.42. The summed E-state index contributed by atoms with van der Waals surface area (Å²) in [7, 11) is 1.73. The van der Waals surface area contributed by atoms with E-state index in [1.807, 2.05) is 6.07 Å². The van der Waals surface area contributed by atoms with Gasteiger partial charge in [0, 0.05) is 20.1 Å². The Morgan fingerprint density at radius 2 is 2.21 bits per heavy atom. The van der Waals surface area contributed by atoms with Crippen molar-refractivity contribution in [3.63, 3.8) is 0 Å². The third-order valence-electron chi connectivity index (χ3n) is 4.82. The van der Waals surface area contributed by atoms with Crippen molar-refractivity contribution in [1.29, 1.82) is 0 Å². The quantitative estimate of drug-likeness (QED) is 0.742. The Kier molecular flexibility index (Phi) is 4.39. The summed E-state index contributed by atoms with van der Waals surface area (Å²) in [5, 5.41) is 5.52. The van der Waals surface area contributed by atoms with Gasteiger partial charge in [-0.05, 0) is 43.3 Å². The number of thiophene rings is 1. The molecule has 3 aromatic rings. The first kappa shape index (κ1) is 15.8. The lowest BCUT2D eigenvalue weighted by atomic mass is 9.98. The molecule has 0 saturated carbocycles. The van der Waals surface area contributed by atoms with Crippen molar-refractivity contribution < 1.29 is 4.74 Å². The lowest BCUT2D eigenvalue weighted by Crippen LogP contribution is -2.30. The Morgan fingerprint density at radius 3 is 3.00 bits per heavy atom. The Hall–Kier alpha value is -1.70. The Balaban J connectivity index is 1.85. The molecule has 4 rings (SSSR count). The van der Waals surface area contributed by atoms with E-state index in [1.165, 1.54) is 17.5 Å². The number of imidazole rings is 1. The molecular weight excluding hydrogens is 322 g/mol. The van der Waals surface area contributed by atoms with Gasteiger partial charge in [0.25, 0.3) is 0 Å². The summed E-state index contributed by atoms with van der Waals surface area (Å²) in [5.41, 5.74) is 9.16. The van der Waals surface area contributed by atoms with E-state index in [-0.39, 0.29) is 0 Å². The smallest absolute Gasteiger partial charge is 0.152 e. The second kappa shape index (κ2) is 6.66. The summed E-state index contributed by atoms with van der Waals surface area (Å²) in [6.07, 6.45) is 3.21. The summed E-state index contributed by atoms with van der Waals surface area (Å²) >= 11 is 1.72. The Bertz CT molecular complexity index is 850. The summed E-state index contributed by atoms with van der Waals surface area (Å²) in [6.45, 7) is 3.86. The molecule has 0 amide bonds. The van der Waals surface area contributed by atoms with E-state index in [9.17, 15) is 0 Å². The summed E-state index contributed by atoms with van der Waals surface area (Å²) in [5.74, 6) is 2.26. The van der Waals surface area contributed by atoms with E-state index in [4.69, 9.17) is 15.5 Å². The van der Waals surface area contributed by atoms with Crippen LogP contribution in [0, 0.1) is 5.92 Å². The molecule has 0 spiro atoms. The zero-order valence-corrected chi connectivity index (χ0v) is 14.7. The fraction of sp³-hybridized carbons (Fsp3) is 0.529. The SMILES string of the molecule is COCCc1nc2c(N)nc3ccsc3c2n1CC1CCNCC1. The monoisotopic (exact) mass is 345 g/mol. The number of nitrogens with zero attached hydrogens (tertiary/aromatic N) is 3. The molecule has 0 atom stereocenters. The zero-order valence-electron chi connectivity index (χ0n) is 13.9. The van der Waals surface area contributed by atoms with Gasteiger partial charge in [-0.25, -0.2) is 9.97 Å². The second-order valence-corrected chi connectivity index (χ2v) is 7.32. The lowest BCUT2D eigenvalue weighted by Gasteiger charge is -2.24. The zero-order chi connectivity index (χ0) is 16.5. The third kappa shape index (κ3) is 2.76. The fourth-order valence-electron chi connectivity index (χ4n) is 3.56. The van der Waals surface area contributed by atoms with Gasteiger partial charge in [0.1, 0.15) is 11.3 Å². The molecule has 1 aliphatic heterocycles. The number of nitrogen functional groups attached to an aromatic ring is 1. The van der Waals surface area contributed by atoms with E-state index < -0.39 is 0 Å². The maximum Gasteiger partial charge on any atom is 0.152 e. The van der Waals surface area contributed by atoms with Gasteiger partial charge in [-0.15, -0.1) is 11.3 Å². The van der Waals surface area contributed by atoms with Crippen molar-refractivity contribution in [2.45, 2.75) is 25.8 Å². The average Bonchev–Trinajstić information content (AvgIpc) is 3.19. The number of hydrogen-bond acceptors (Lipinski definition) is 6. The van der Waals surface area contributed by atoms with Crippen molar-refractivity contribution in [2.24, 2.45) is 5.92 Å². The van der Waals surface area contributed by atoms with Crippen LogP contribution in [0.25, 0.3) is 21.3 Å². The molecule has 0 bridgehead atoms. The number of hydrogen-bond donors (Lipinski definition) is 2. The van der Waals surface area contributed by atoms with E-state index in [1.54, 1.807) is 18.4 Å². The molecule has 3 N–H and O–H groups in total. The molecule has 128 valence electrons. The number of fused-ring (bicyclic) bond motifs is 3.